The Hall–Kier alpha value is -3.09. The Morgan fingerprint density at radius 2 is 1.73 bits per heavy atom. The minimum atomic E-state index is -0.474. The molecule has 0 bridgehead atoms. The number of hydrogen-bond acceptors (Lipinski definition) is 5. The summed E-state index contributed by atoms with van der Waals surface area (Å²) in [6.07, 6.45) is 2.00. The average molecular weight is 356 g/mol. The lowest BCUT2D eigenvalue weighted by molar-refractivity contribution is -0.384. The van der Waals surface area contributed by atoms with Crippen molar-refractivity contribution in [2.45, 2.75) is 25.4 Å². The number of nitro groups is 1. The van der Waals surface area contributed by atoms with E-state index in [-0.39, 0.29) is 24.2 Å². The fourth-order valence-electron chi connectivity index (χ4n) is 2.63. The van der Waals surface area contributed by atoms with E-state index in [1.54, 1.807) is 7.11 Å². The molecular formula is C19H20N2O5. The van der Waals surface area contributed by atoms with Gasteiger partial charge in [-0.25, -0.2) is 0 Å². The molecule has 1 saturated carbocycles. The molecule has 1 fully saturated rings. The molecule has 7 heteroatoms. The second-order valence-electron chi connectivity index (χ2n) is 6.14. The Morgan fingerprint density at radius 3 is 2.27 bits per heavy atom. The highest BCUT2D eigenvalue weighted by Gasteiger charge is 2.32. The first-order chi connectivity index (χ1) is 12.6. The molecule has 0 radical (unpaired) electrons. The van der Waals surface area contributed by atoms with Crippen LogP contribution in [0.1, 0.15) is 18.4 Å². The lowest BCUT2D eigenvalue weighted by atomic mass is 10.2. The molecule has 2 aromatic carbocycles. The summed E-state index contributed by atoms with van der Waals surface area (Å²) >= 11 is 0. The van der Waals surface area contributed by atoms with Gasteiger partial charge in [-0.05, 0) is 42.7 Å². The van der Waals surface area contributed by atoms with Crippen LogP contribution in [-0.4, -0.2) is 35.5 Å². The third kappa shape index (κ3) is 4.50. The minimum absolute atomic E-state index is 0.0113. The lowest BCUT2D eigenvalue weighted by Crippen LogP contribution is -2.36. The van der Waals surface area contributed by atoms with Crippen LogP contribution in [0.2, 0.25) is 0 Å². The molecule has 0 atom stereocenters. The summed E-state index contributed by atoms with van der Waals surface area (Å²) in [4.78, 5) is 24.6. The van der Waals surface area contributed by atoms with Gasteiger partial charge in [-0.2, -0.15) is 0 Å². The van der Waals surface area contributed by atoms with Gasteiger partial charge in [0.15, 0.2) is 6.61 Å². The zero-order chi connectivity index (χ0) is 18.5. The van der Waals surface area contributed by atoms with E-state index in [4.69, 9.17) is 9.47 Å². The third-order valence-corrected chi connectivity index (χ3v) is 4.23. The van der Waals surface area contributed by atoms with Crippen LogP contribution in [0, 0.1) is 10.1 Å². The SMILES string of the molecule is COc1ccc(CN(C(=O)COc2ccc([N+](=O)[O-])cc2)C2CC2)cc1. The normalized spacial score (nSPS) is 13.1. The van der Waals surface area contributed by atoms with Gasteiger partial charge < -0.3 is 14.4 Å². The van der Waals surface area contributed by atoms with Crippen LogP contribution >= 0.6 is 0 Å². The van der Waals surface area contributed by atoms with Gasteiger partial charge in [0.05, 0.1) is 12.0 Å². The maximum Gasteiger partial charge on any atom is 0.269 e. The number of benzene rings is 2. The highest BCUT2D eigenvalue weighted by atomic mass is 16.6. The number of nitro benzene ring substituents is 1. The summed E-state index contributed by atoms with van der Waals surface area (Å²) in [6, 6.07) is 13.6. The summed E-state index contributed by atoms with van der Waals surface area (Å²) < 4.78 is 10.7. The van der Waals surface area contributed by atoms with E-state index >= 15 is 0 Å². The summed E-state index contributed by atoms with van der Waals surface area (Å²) in [7, 11) is 1.62. The van der Waals surface area contributed by atoms with E-state index in [2.05, 4.69) is 0 Å². The number of carbonyl (C=O) groups is 1. The fourth-order valence-corrected chi connectivity index (χ4v) is 2.63. The van der Waals surface area contributed by atoms with Gasteiger partial charge in [0, 0.05) is 24.7 Å². The predicted octanol–water partition coefficient (Wildman–Crippen LogP) is 3.17. The van der Waals surface area contributed by atoms with E-state index < -0.39 is 4.92 Å². The predicted molar refractivity (Wildman–Crippen MR) is 95.2 cm³/mol. The zero-order valence-corrected chi connectivity index (χ0v) is 14.5. The van der Waals surface area contributed by atoms with Gasteiger partial charge in [0.2, 0.25) is 0 Å². The first kappa shape index (κ1) is 17.7. The van der Waals surface area contributed by atoms with Gasteiger partial charge in [-0.3, -0.25) is 14.9 Å². The number of nitrogens with zero attached hydrogens (tertiary/aromatic N) is 2. The van der Waals surface area contributed by atoms with Crippen molar-refractivity contribution in [2.24, 2.45) is 0 Å². The van der Waals surface area contributed by atoms with Gasteiger partial charge in [-0.1, -0.05) is 12.1 Å². The monoisotopic (exact) mass is 356 g/mol. The lowest BCUT2D eigenvalue weighted by Gasteiger charge is -2.22. The van der Waals surface area contributed by atoms with Gasteiger partial charge in [0.1, 0.15) is 11.5 Å². The molecule has 0 aliphatic heterocycles. The molecule has 2 aromatic rings. The molecule has 3 rings (SSSR count). The Balaban J connectivity index is 1.59. The van der Waals surface area contributed by atoms with Crippen LogP contribution in [-0.2, 0) is 11.3 Å². The molecule has 0 unspecified atom stereocenters. The quantitative estimate of drug-likeness (QED) is 0.536. The van der Waals surface area contributed by atoms with Crippen molar-refractivity contribution < 1.29 is 19.2 Å². The van der Waals surface area contributed by atoms with Crippen LogP contribution in [0.3, 0.4) is 0 Å². The molecule has 0 aromatic heterocycles. The number of amides is 1. The molecular weight excluding hydrogens is 336 g/mol. The second kappa shape index (κ2) is 7.86. The number of hydrogen-bond donors (Lipinski definition) is 0. The Kier molecular flexibility index (Phi) is 5.36. The largest absolute Gasteiger partial charge is 0.497 e. The van der Waals surface area contributed by atoms with Gasteiger partial charge >= 0.3 is 0 Å². The van der Waals surface area contributed by atoms with E-state index in [9.17, 15) is 14.9 Å². The third-order valence-electron chi connectivity index (χ3n) is 4.23. The molecule has 0 saturated heterocycles. The van der Waals surface area contributed by atoms with Crippen molar-refractivity contribution in [2.75, 3.05) is 13.7 Å². The summed E-state index contributed by atoms with van der Waals surface area (Å²) in [5.74, 6) is 1.12. The van der Waals surface area contributed by atoms with Gasteiger partial charge in [0.25, 0.3) is 11.6 Å². The maximum atomic E-state index is 12.6. The summed E-state index contributed by atoms with van der Waals surface area (Å²) in [5, 5.41) is 10.7. The maximum absolute atomic E-state index is 12.6. The highest BCUT2D eigenvalue weighted by molar-refractivity contribution is 5.78. The standard InChI is InChI=1S/C19H20N2O5/c1-25-17-8-2-14(3-9-17)12-20(15-4-5-15)19(22)13-26-18-10-6-16(7-11-18)21(23)24/h2-3,6-11,15H,4-5,12-13H2,1H3. The Morgan fingerprint density at radius 1 is 1.12 bits per heavy atom. The van der Waals surface area contributed by atoms with Crippen LogP contribution in [0.5, 0.6) is 11.5 Å². The topological polar surface area (TPSA) is 81.9 Å². The smallest absolute Gasteiger partial charge is 0.269 e. The highest BCUT2D eigenvalue weighted by Crippen LogP contribution is 2.29. The van der Waals surface area contributed by atoms with Crippen LogP contribution < -0.4 is 9.47 Å². The summed E-state index contributed by atoms with van der Waals surface area (Å²) in [5.41, 5.74) is 1.02. The average Bonchev–Trinajstić information content (AvgIpc) is 3.50. The van der Waals surface area contributed by atoms with E-state index in [1.807, 2.05) is 29.2 Å². The van der Waals surface area contributed by atoms with Crippen molar-refractivity contribution in [3.05, 3.63) is 64.2 Å². The zero-order valence-electron chi connectivity index (χ0n) is 14.5. The molecule has 26 heavy (non-hydrogen) atoms. The van der Waals surface area contributed by atoms with Crippen molar-refractivity contribution >= 4 is 11.6 Å². The number of methoxy groups -OCH3 is 1. The minimum Gasteiger partial charge on any atom is -0.497 e. The molecule has 0 spiro atoms. The van der Waals surface area contributed by atoms with E-state index in [1.165, 1.54) is 24.3 Å². The molecule has 136 valence electrons. The van der Waals surface area contributed by atoms with Crippen molar-refractivity contribution in [1.82, 2.24) is 4.90 Å². The van der Waals surface area contributed by atoms with Crippen molar-refractivity contribution in [1.29, 1.82) is 0 Å². The second-order valence-corrected chi connectivity index (χ2v) is 6.14. The Labute approximate surface area is 151 Å². The number of rotatable bonds is 8. The van der Waals surface area contributed by atoms with Crippen molar-refractivity contribution in [3.63, 3.8) is 0 Å². The summed E-state index contributed by atoms with van der Waals surface area (Å²) in [6.45, 7) is 0.432. The first-order valence-corrected chi connectivity index (χ1v) is 8.36. The molecule has 0 N–H and O–H groups in total. The number of ether oxygens (including phenoxy) is 2. The van der Waals surface area contributed by atoms with Gasteiger partial charge in [-0.15, -0.1) is 0 Å². The Bertz CT molecular complexity index is 770. The molecule has 1 aliphatic carbocycles. The number of non-ortho nitro benzene ring substituents is 1. The van der Waals surface area contributed by atoms with Crippen LogP contribution in [0.15, 0.2) is 48.5 Å². The van der Waals surface area contributed by atoms with Crippen molar-refractivity contribution in [3.8, 4) is 11.5 Å². The number of carbonyl (C=O) groups excluding carboxylic acids is 1. The van der Waals surface area contributed by atoms with Crippen LogP contribution in [0.25, 0.3) is 0 Å². The molecule has 1 aliphatic rings. The van der Waals surface area contributed by atoms with Crippen LogP contribution in [0.4, 0.5) is 5.69 Å². The van der Waals surface area contributed by atoms with E-state index in [0.29, 0.717) is 12.3 Å². The van der Waals surface area contributed by atoms with E-state index in [0.717, 1.165) is 24.2 Å². The molecule has 1 amide bonds. The first-order valence-electron chi connectivity index (χ1n) is 8.36. The molecule has 0 heterocycles. The molecule has 7 nitrogen and oxygen atoms in total. The fraction of sp³-hybridized carbons (Fsp3) is 0.316.